The summed E-state index contributed by atoms with van der Waals surface area (Å²) in [5, 5.41) is 15.1. The first-order chi connectivity index (χ1) is 15.2. The average Bonchev–Trinajstić information content (AvgIpc) is 3.27. The van der Waals surface area contributed by atoms with Gasteiger partial charge in [-0.1, -0.05) is 71.9 Å². The largest absolute Gasteiger partial charge is 0.338 e. The van der Waals surface area contributed by atoms with E-state index in [9.17, 15) is 10.1 Å². The van der Waals surface area contributed by atoms with Crippen LogP contribution in [0.1, 0.15) is 28.5 Å². The van der Waals surface area contributed by atoms with Gasteiger partial charge >= 0.3 is 0 Å². The van der Waals surface area contributed by atoms with Crippen molar-refractivity contribution in [3.8, 4) is 11.4 Å². The molecule has 7 nitrogen and oxygen atoms in total. The van der Waals surface area contributed by atoms with Crippen LogP contribution in [-0.2, 0) is 13.1 Å². The van der Waals surface area contributed by atoms with Gasteiger partial charge in [-0.2, -0.15) is 4.98 Å². The second-order valence-corrected chi connectivity index (χ2v) is 7.65. The highest BCUT2D eigenvalue weighted by molar-refractivity contribution is 5.58. The Bertz CT molecular complexity index is 1220. The van der Waals surface area contributed by atoms with Crippen LogP contribution in [0.15, 0.2) is 83.4 Å². The highest BCUT2D eigenvalue weighted by atomic mass is 16.6. The number of nitro benzene ring substituents is 1. The first-order valence-corrected chi connectivity index (χ1v) is 10.1. The molecule has 2 heterocycles. The smallest absolute Gasteiger partial charge is 0.270 e. The first kappa shape index (κ1) is 19.1. The molecule has 0 aliphatic carbocycles. The van der Waals surface area contributed by atoms with E-state index in [1.165, 1.54) is 28.8 Å². The van der Waals surface area contributed by atoms with Crippen LogP contribution < -0.4 is 0 Å². The Hall–Kier alpha value is -3.84. The topological polar surface area (TPSA) is 85.3 Å². The Morgan fingerprint density at radius 1 is 1.03 bits per heavy atom. The Kier molecular flexibility index (Phi) is 5.01. The Morgan fingerprint density at radius 2 is 1.84 bits per heavy atom. The molecule has 0 amide bonds. The molecule has 0 saturated carbocycles. The van der Waals surface area contributed by atoms with Crippen molar-refractivity contribution in [3.05, 3.63) is 112 Å². The van der Waals surface area contributed by atoms with Crippen molar-refractivity contribution in [3.63, 3.8) is 0 Å². The maximum atomic E-state index is 11.0. The second kappa shape index (κ2) is 8.12. The monoisotopic (exact) mass is 412 g/mol. The zero-order chi connectivity index (χ0) is 21.2. The van der Waals surface area contributed by atoms with Crippen LogP contribution in [-0.4, -0.2) is 26.5 Å². The maximum Gasteiger partial charge on any atom is 0.270 e. The van der Waals surface area contributed by atoms with Gasteiger partial charge < -0.3 is 4.52 Å². The van der Waals surface area contributed by atoms with E-state index in [4.69, 9.17) is 4.52 Å². The number of hydrogen-bond donors (Lipinski definition) is 0. The van der Waals surface area contributed by atoms with E-state index >= 15 is 0 Å². The number of aromatic nitrogens is 2. The minimum Gasteiger partial charge on any atom is -0.338 e. The number of hydrogen-bond acceptors (Lipinski definition) is 6. The van der Waals surface area contributed by atoms with Gasteiger partial charge in [0.25, 0.3) is 5.69 Å². The molecule has 0 saturated heterocycles. The third kappa shape index (κ3) is 3.95. The van der Waals surface area contributed by atoms with Crippen LogP contribution in [0.25, 0.3) is 11.4 Å². The molecule has 5 rings (SSSR count). The number of fused-ring (bicyclic) bond motifs is 1. The number of nitro groups is 1. The molecule has 1 aliphatic rings. The summed E-state index contributed by atoms with van der Waals surface area (Å²) in [5.74, 6) is 1.12. The van der Waals surface area contributed by atoms with E-state index in [1.54, 1.807) is 12.1 Å². The van der Waals surface area contributed by atoms with Crippen molar-refractivity contribution in [2.75, 3.05) is 6.54 Å². The van der Waals surface area contributed by atoms with Gasteiger partial charge in [-0.05, 0) is 16.7 Å². The minimum absolute atomic E-state index is 0.00203. The molecule has 1 aromatic heterocycles. The van der Waals surface area contributed by atoms with Crippen LogP contribution in [0.4, 0.5) is 5.69 Å². The molecule has 3 aromatic carbocycles. The van der Waals surface area contributed by atoms with Crippen molar-refractivity contribution < 1.29 is 9.45 Å². The van der Waals surface area contributed by atoms with Crippen molar-refractivity contribution in [2.45, 2.75) is 19.0 Å². The van der Waals surface area contributed by atoms with Crippen molar-refractivity contribution >= 4 is 5.69 Å². The molecular weight excluding hydrogens is 392 g/mol. The average molecular weight is 412 g/mol. The van der Waals surface area contributed by atoms with Crippen LogP contribution >= 0.6 is 0 Å². The number of rotatable bonds is 5. The number of benzene rings is 3. The van der Waals surface area contributed by atoms with Gasteiger partial charge in [-0.25, -0.2) is 0 Å². The summed E-state index contributed by atoms with van der Waals surface area (Å²) in [7, 11) is 0. The molecule has 0 radical (unpaired) electrons. The van der Waals surface area contributed by atoms with Crippen LogP contribution in [0, 0.1) is 10.1 Å². The van der Waals surface area contributed by atoms with Gasteiger partial charge in [0.05, 0.1) is 11.5 Å². The highest BCUT2D eigenvalue weighted by Crippen LogP contribution is 2.34. The summed E-state index contributed by atoms with van der Waals surface area (Å²) in [6.45, 7) is 2.16. The zero-order valence-electron chi connectivity index (χ0n) is 16.7. The van der Waals surface area contributed by atoms with Gasteiger partial charge in [-0.15, -0.1) is 0 Å². The molecule has 154 valence electrons. The summed E-state index contributed by atoms with van der Waals surface area (Å²) >= 11 is 0. The molecule has 1 aliphatic heterocycles. The summed E-state index contributed by atoms with van der Waals surface area (Å²) in [6, 6.07) is 25.3. The zero-order valence-corrected chi connectivity index (χ0v) is 16.7. The SMILES string of the molecule is O=[N+]([O-])c1cccc(-c2noc(CN3Cc4ccccc4C(c4ccccc4)C3)n2)c1. The molecule has 0 fully saturated rings. The lowest BCUT2D eigenvalue weighted by Crippen LogP contribution is -2.33. The van der Waals surface area contributed by atoms with Crippen molar-refractivity contribution in [1.29, 1.82) is 0 Å². The van der Waals surface area contributed by atoms with Gasteiger partial charge in [0.15, 0.2) is 0 Å². The van der Waals surface area contributed by atoms with Gasteiger partial charge in [0.2, 0.25) is 11.7 Å². The summed E-state index contributed by atoms with van der Waals surface area (Å²) in [6.07, 6.45) is 0. The van der Waals surface area contributed by atoms with E-state index < -0.39 is 4.92 Å². The molecule has 0 spiro atoms. The lowest BCUT2D eigenvalue weighted by Gasteiger charge is -2.34. The van der Waals surface area contributed by atoms with Crippen LogP contribution in [0.2, 0.25) is 0 Å². The fourth-order valence-corrected chi connectivity index (χ4v) is 4.16. The Balaban J connectivity index is 1.39. The molecule has 31 heavy (non-hydrogen) atoms. The molecule has 0 bridgehead atoms. The molecular formula is C24H20N4O3. The molecule has 7 heteroatoms. The summed E-state index contributed by atoms with van der Waals surface area (Å²) < 4.78 is 5.48. The predicted molar refractivity (Wildman–Crippen MR) is 115 cm³/mol. The lowest BCUT2D eigenvalue weighted by molar-refractivity contribution is -0.384. The molecule has 4 aromatic rings. The number of nitrogens with zero attached hydrogens (tertiary/aromatic N) is 4. The van der Waals surface area contributed by atoms with Crippen molar-refractivity contribution in [2.24, 2.45) is 0 Å². The Morgan fingerprint density at radius 3 is 2.68 bits per heavy atom. The molecule has 0 N–H and O–H groups in total. The molecule has 1 unspecified atom stereocenters. The fourth-order valence-electron chi connectivity index (χ4n) is 4.16. The quantitative estimate of drug-likeness (QED) is 0.346. The van der Waals surface area contributed by atoms with E-state index in [2.05, 4.69) is 63.6 Å². The Labute approximate surface area is 179 Å². The van der Waals surface area contributed by atoms with E-state index in [1.807, 2.05) is 6.07 Å². The van der Waals surface area contributed by atoms with Gasteiger partial charge in [-0.3, -0.25) is 15.0 Å². The molecule has 1 atom stereocenters. The lowest BCUT2D eigenvalue weighted by atomic mass is 9.85. The normalized spacial score (nSPS) is 16.1. The van der Waals surface area contributed by atoms with E-state index in [0.29, 0.717) is 23.8 Å². The second-order valence-electron chi connectivity index (χ2n) is 7.65. The van der Waals surface area contributed by atoms with Crippen molar-refractivity contribution in [1.82, 2.24) is 15.0 Å². The van der Waals surface area contributed by atoms with Gasteiger partial charge in [0.1, 0.15) is 0 Å². The van der Waals surface area contributed by atoms with Crippen LogP contribution in [0.5, 0.6) is 0 Å². The fraction of sp³-hybridized carbons (Fsp3) is 0.167. The maximum absolute atomic E-state index is 11.0. The summed E-state index contributed by atoms with van der Waals surface area (Å²) in [5.41, 5.74) is 4.49. The first-order valence-electron chi connectivity index (χ1n) is 10.1. The third-order valence-electron chi connectivity index (χ3n) is 5.61. The van der Waals surface area contributed by atoms with E-state index in [0.717, 1.165) is 13.1 Å². The minimum atomic E-state index is -0.431. The van der Waals surface area contributed by atoms with Crippen LogP contribution in [0.3, 0.4) is 0 Å². The third-order valence-corrected chi connectivity index (χ3v) is 5.61. The van der Waals surface area contributed by atoms with Gasteiger partial charge in [0, 0.05) is 36.7 Å². The summed E-state index contributed by atoms with van der Waals surface area (Å²) in [4.78, 5) is 17.4. The number of non-ortho nitro benzene ring substituents is 1. The highest BCUT2D eigenvalue weighted by Gasteiger charge is 2.27. The predicted octanol–water partition coefficient (Wildman–Crippen LogP) is 4.79. The van der Waals surface area contributed by atoms with E-state index in [-0.39, 0.29) is 11.6 Å². The standard InChI is InChI=1S/C24H20N4O3/c29-28(30)20-11-6-10-18(13-20)24-25-23(31-26-24)16-27-14-19-9-4-5-12-21(19)22(15-27)17-7-2-1-3-8-17/h1-13,22H,14-16H2.